The second-order valence-corrected chi connectivity index (χ2v) is 7.81. The number of hydrogen-bond acceptors (Lipinski definition) is 4. The summed E-state index contributed by atoms with van der Waals surface area (Å²) in [5.41, 5.74) is 3.06. The Balaban J connectivity index is 0.00000306. The third-order valence-corrected chi connectivity index (χ3v) is 5.53. The molecule has 0 amide bonds. The molecule has 4 rings (SSSR count). The van der Waals surface area contributed by atoms with Crippen LogP contribution >= 0.6 is 12.4 Å². The van der Waals surface area contributed by atoms with Crippen molar-refractivity contribution in [3.8, 4) is 11.5 Å². The molecule has 0 fully saturated rings. The Hall–Kier alpha value is -3.34. The van der Waals surface area contributed by atoms with Gasteiger partial charge in [0.15, 0.2) is 17.3 Å². The van der Waals surface area contributed by atoms with Gasteiger partial charge in [0.25, 0.3) is 0 Å². The Kier molecular flexibility index (Phi) is 8.47. The van der Waals surface area contributed by atoms with Crippen LogP contribution in [-0.4, -0.2) is 31.4 Å². The summed E-state index contributed by atoms with van der Waals surface area (Å²) in [4.78, 5) is 15.4. The van der Waals surface area contributed by atoms with Gasteiger partial charge in [0.2, 0.25) is 0 Å². The molecule has 0 aromatic heterocycles. The van der Waals surface area contributed by atoms with Gasteiger partial charge in [-0.2, -0.15) is 0 Å². The van der Waals surface area contributed by atoms with Crippen LogP contribution in [0.3, 0.4) is 0 Å². The number of Topliss-reactive ketones (excluding diaryl/α,β-unsaturated/α-hetero) is 1. The molecule has 4 nitrogen and oxygen atoms in total. The SMILES string of the molecule is COc1cc2ccc(C(=O)CN(Cc3ccccc3)Cc3ccccc3)cc2cc1OC.Cl. The Morgan fingerprint density at radius 1 is 0.697 bits per heavy atom. The molecule has 4 aromatic carbocycles. The van der Waals surface area contributed by atoms with Crippen LogP contribution in [-0.2, 0) is 13.1 Å². The molecule has 0 aliphatic rings. The van der Waals surface area contributed by atoms with Gasteiger partial charge in [-0.1, -0.05) is 72.8 Å². The number of rotatable bonds is 9. The number of benzene rings is 4. The van der Waals surface area contributed by atoms with Crippen molar-refractivity contribution in [1.29, 1.82) is 0 Å². The van der Waals surface area contributed by atoms with Crippen LogP contribution in [0.25, 0.3) is 10.8 Å². The van der Waals surface area contributed by atoms with E-state index in [1.54, 1.807) is 14.2 Å². The molecule has 0 saturated carbocycles. The Labute approximate surface area is 201 Å². The molecule has 0 atom stereocenters. The molecule has 0 spiro atoms. The van der Waals surface area contributed by atoms with Gasteiger partial charge in [0.05, 0.1) is 20.8 Å². The molecule has 0 radical (unpaired) electrons. The molecule has 0 saturated heterocycles. The van der Waals surface area contributed by atoms with Gasteiger partial charge in [-0.05, 0) is 40.1 Å². The molecular weight excluding hydrogens is 434 g/mol. The van der Waals surface area contributed by atoms with Crippen molar-refractivity contribution >= 4 is 29.0 Å². The van der Waals surface area contributed by atoms with Crippen molar-refractivity contribution < 1.29 is 14.3 Å². The highest BCUT2D eigenvalue weighted by atomic mass is 35.5. The van der Waals surface area contributed by atoms with Gasteiger partial charge in [-0.3, -0.25) is 9.69 Å². The molecule has 0 unspecified atom stereocenters. The van der Waals surface area contributed by atoms with E-state index in [0.717, 1.165) is 10.8 Å². The zero-order chi connectivity index (χ0) is 22.3. The first kappa shape index (κ1) is 24.3. The number of halogens is 1. The van der Waals surface area contributed by atoms with Gasteiger partial charge < -0.3 is 9.47 Å². The predicted molar refractivity (Wildman–Crippen MR) is 136 cm³/mol. The highest BCUT2D eigenvalue weighted by molar-refractivity contribution is 6.01. The fourth-order valence-corrected chi connectivity index (χ4v) is 3.89. The first-order valence-electron chi connectivity index (χ1n) is 10.7. The number of fused-ring (bicyclic) bond motifs is 1. The van der Waals surface area contributed by atoms with Gasteiger partial charge in [-0.15, -0.1) is 12.4 Å². The molecule has 170 valence electrons. The van der Waals surface area contributed by atoms with Gasteiger partial charge in [0.1, 0.15) is 0 Å². The summed E-state index contributed by atoms with van der Waals surface area (Å²) in [6.07, 6.45) is 0. The molecule has 0 aliphatic carbocycles. The maximum absolute atomic E-state index is 13.3. The zero-order valence-corrected chi connectivity index (χ0v) is 19.7. The lowest BCUT2D eigenvalue weighted by atomic mass is 10.0. The van der Waals surface area contributed by atoms with Crippen molar-refractivity contribution in [2.45, 2.75) is 13.1 Å². The van der Waals surface area contributed by atoms with Crippen molar-refractivity contribution in [1.82, 2.24) is 4.90 Å². The monoisotopic (exact) mass is 461 g/mol. The van der Waals surface area contributed by atoms with Crippen molar-refractivity contribution in [3.63, 3.8) is 0 Å². The van der Waals surface area contributed by atoms with E-state index in [0.29, 0.717) is 36.7 Å². The van der Waals surface area contributed by atoms with Crippen LogP contribution in [0.4, 0.5) is 0 Å². The summed E-state index contributed by atoms with van der Waals surface area (Å²) in [5, 5.41) is 1.95. The standard InChI is InChI=1S/C28H27NO3.ClH/c1-31-27-16-23-13-14-24(15-25(23)17-28(27)32-2)26(30)20-29(18-21-9-5-3-6-10-21)19-22-11-7-4-8-12-22;/h3-17H,18-20H2,1-2H3;1H. The van der Waals surface area contributed by atoms with Crippen molar-refractivity contribution in [2.24, 2.45) is 0 Å². The number of ketones is 1. The lowest BCUT2D eigenvalue weighted by molar-refractivity contribution is 0.0920. The van der Waals surface area contributed by atoms with Crippen LogP contribution in [0.1, 0.15) is 21.5 Å². The van der Waals surface area contributed by atoms with Crippen LogP contribution in [0, 0.1) is 0 Å². The van der Waals surface area contributed by atoms with Crippen molar-refractivity contribution in [3.05, 3.63) is 108 Å². The molecule has 0 N–H and O–H groups in total. The number of nitrogens with zero attached hydrogens (tertiary/aromatic N) is 1. The van der Waals surface area contributed by atoms with Crippen LogP contribution in [0.15, 0.2) is 91.0 Å². The van der Waals surface area contributed by atoms with Gasteiger partial charge in [-0.25, -0.2) is 0 Å². The lowest BCUT2D eigenvalue weighted by Crippen LogP contribution is -2.29. The fourth-order valence-electron chi connectivity index (χ4n) is 3.89. The number of hydrogen-bond donors (Lipinski definition) is 0. The summed E-state index contributed by atoms with van der Waals surface area (Å²) >= 11 is 0. The second-order valence-electron chi connectivity index (χ2n) is 7.81. The smallest absolute Gasteiger partial charge is 0.176 e. The molecule has 0 bridgehead atoms. The summed E-state index contributed by atoms with van der Waals surface area (Å²) in [6, 6.07) is 30.1. The Morgan fingerprint density at radius 3 is 1.73 bits per heavy atom. The average molecular weight is 462 g/mol. The minimum absolute atomic E-state index is 0. The lowest BCUT2D eigenvalue weighted by Gasteiger charge is -2.22. The first-order chi connectivity index (χ1) is 15.7. The largest absolute Gasteiger partial charge is 0.493 e. The molecule has 5 heteroatoms. The van der Waals surface area contributed by atoms with E-state index in [1.165, 1.54) is 11.1 Å². The van der Waals surface area contributed by atoms with Crippen LogP contribution in [0.2, 0.25) is 0 Å². The van der Waals surface area contributed by atoms with E-state index < -0.39 is 0 Å². The molecule has 0 aliphatic heterocycles. The third-order valence-electron chi connectivity index (χ3n) is 5.53. The van der Waals surface area contributed by atoms with E-state index in [4.69, 9.17) is 9.47 Å². The minimum atomic E-state index is 0. The second kappa shape index (κ2) is 11.5. The maximum atomic E-state index is 13.3. The first-order valence-corrected chi connectivity index (χ1v) is 10.7. The highest BCUT2D eigenvalue weighted by Crippen LogP contribution is 2.32. The Morgan fingerprint density at radius 2 is 1.21 bits per heavy atom. The van der Waals surface area contributed by atoms with E-state index in [9.17, 15) is 4.79 Å². The maximum Gasteiger partial charge on any atom is 0.176 e. The van der Waals surface area contributed by atoms with E-state index >= 15 is 0 Å². The van der Waals surface area contributed by atoms with E-state index in [2.05, 4.69) is 29.2 Å². The fraction of sp³-hybridized carbons (Fsp3) is 0.179. The van der Waals surface area contributed by atoms with Gasteiger partial charge >= 0.3 is 0 Å². The molecule has 4 aromatic rings. The molecule has 33 heavy (non-hydrogen) atoms. The zero-order valence-electron chi connectivity index (χ0n) is 18.9. The highest BCUT2D eigenvalue weighted by Gasteiger charge is 2.15. The van der Waals surface area contributed by atoms with E-state index in [-0.39, 0.29) is 18.2 Å². The number of carbonyl (C=O) groups is 1. The number of ether oxygens (including phenoxy) is 2. The van der Waals surface area contributed by atoms with Gasteiger partial charge in [0, 0.05) is 18.7 Å². The normalized spacial score (nSPS) is 10.6. The third kappa shape index (κ3) is 6.13. The average Bonchev–Trinajstić information content (AvgIpc) is 2.84. The summed E-state index contributed by atoms with van der Waals surface area (Å²) in [6.45, 7) is 1.75. The van der Waals surface area contributed by atoms with Crippen LogP contribution < -0.4 is 9.47 Å². The molecule has 0 heterocycles. The molecular formula is C28H28ClNO3. The van der Waals surface area contributed by atoms with Crippen LogP contribution in [0.5, 0.6) is 11.5 Å². The van der Waals surface area contributed by atoms with E-state index in [1.807, 2.05) is 66.7 Å². The number of carbonyl (C=O) groups excluding carboxylic acids is 1. The summed E-state index contributed by atoms with van der Waals surface area (Å²) in [7, 11) is 3.24. The topological polar surface area (TPSA) is 38.8 Å². The quantitative estimate of drug-likeness (QED) is 0.280. The summed E-state index contributed by atoms with van der Waals surface area (Å²) < 4.78 is 10.8. The van der Waals surface area contributed by atoms with Crippen molar-refractivity contribution in [2.75, 3.05) is 20.8 Å². The minimum Gasteiger partial charge on any atom is -0.493 e. The number of methoxy groups -OCH3 is 2. The predicted octanol–water partition coefficient (Wildman–Crippen LogP) is 6.16. The Bertz CT molecular complexity index is 1150. The summed E-state index contributed by atoms with van der Waals surface area (Å²) in [5.74, 6) is 1.42.